The highest BCUT2D eigenvalue weighted by molar-refractivity contribution is 5.39. The second-order valence-corrected chi connectivity index (χ2v) is 4.02. The highest BCUT2D eigenvalue weighted by Crippen LogP contribution is 2.17. The molecule has 2 N–H and O–H groups in total. The first-order valence-electron chi connectivity index (χ1n) is 5.82. The van der Waals surface area contributed by atoms with Gasteiger partial charge in [0.25, 0.3) is 5.69 Å². The van der Waals surface area contributed by atoms with Crippen LogP contribution < -0.4 is 5.32 Å². The van der Waals surface area contributed by atoms with E-state index >= 15 is 0 Å². The Morgan fingerprint density at radius 2 is 1.89 bits per heavy atom. The number of nitro groups is 1. The summed E-state index contributed by atoms with van der Waals surface area (Å²) in [5.41, 5.74) is 0.729. The molecule has 0 bridgehead atoms. The van der Waals surface area contributed by atoms with Crippen LogP contribution in [0.5, 0.6) is 0 Å². The Morgan fingerprint density at radius 3 is 2.58 bits per heavy atom. The van der Waals surface area contributed by atoms with E-state index in [2.05, 4.69) is 5.32 Å². The van der Waals surface area contributed by atoms with Crippen molar-refractivity contribution in [3.8, 4) is 0 Å². The normalized spacial score (nSPS) is 10.6. The molecule has 0 saturated carbocycles. The Balaban J connectivity index is 1.94. The van der Waals surface area contributed by atoms with Gasteiger partial charge in [0.1, 0.15) is 18.1 Å². The number of nitrogens with one attached hydrogen (secondary N) is 1. The first-order valence-corrected chi connectivity index (χ1v) is 5.82. The minimum atomic E-state index is -0.395. The predicted octanol–water partition coefficient (Wildman–Crippen LogP) is 1.97. The number of aliphatic hydroxyl groups excluding tert-OH is 1. The van der Waals surface area contributed by atoms with Crippen LogP contribution in [-0.4, -0.2) is 10.0 Å². The summed E-state index contributed by atoms with van der Waals surface area (Å²) in [5, 5.41) is 22.8. The summed E-state index contributed by atoms with van der Waals surface area (Å²) in [5.74, 6) is 1.19. The van der Waals surface area contributed by atoms with Crippen molar-refractivity contribution in [2.75, 3.05) is 0 Å². The standard InChI is InChI=1S/C13H14N2O4/c16-9-12-6-5-11(19-12)8-14-7-10-3-1-2-4-13(10)15(17)18/h1-6,14,16H,7-9H2. The van der Waals surface area contributed by atoms with Crippen LogP contribution in [0.3, 0.4) is 0 Å². The van der Waals surface area contributed by atoms with E-state index in [9.17, 15) is 10.1 Å². The van der Waals surface area contributed by atoms with Gasteiger partial charge in [0, 0.05) is 18.2 Å². The third kappa shape index (κ3) is 3.40. The van der Waals surface area contributed by atoms with E-state index in [4.69, 9.17) is 9.52 Å². The molecular weight excluding hydrogens is 248 g/mol. The van der Waals surface area contributed by atoms with E-state index in [1.54, 1.807) is 30.3 Å². The maximum atomic E-state index is 10.8. The van der Waals surface area contributed by atoms with Gasteiger partial charge in [-0.1, -0.05) is 18.2 Å². The van der Waals surface area contributed by atoms with Crippen LogP contribution >= 0.6 is 0 Å². The number of hydrogen-bond acceptors (Lipinski definition) is 5. The summed E-state index contributed by atoms with van der Waals surface area (Å²) in [7, 11) is 0. The van der Waals surface area contributed by atoms with Crippen molar-refractivity contribution >= 4 is 5.69 Å². The Hall–Kier alpha value is -2.18. The quantitative estimate of drug-likeness (QED) is 0.613. The fourth-order valence-electron chi connectivity index (χ4n) is 1.76. The van der Waals surface area contributed by atoms with E-state index in [0.717, 1.165) is 0 Å². The molecule has 0 radical (unpaired) electrons. The van der Waals surface area contributed by atoms with E-state index in [-0.39, 0.29) is 12.3 Å². The summed E-state index contributed by atoms with van der Waals surface area (Å²) in [6, 6.07) is 10.1. The summed E-state index contributed by atoms with van der Waals surface area (Å²) in [6.07, 6.45) is 0. The molecule has 2 aromatic rings. The molecule has 0 spiro atoms. The van der Waals surface area contributed by atoms with Crippen LogP contribution in [0.1, 0.15) is 17.1 Å². The zero-order chi connectivity index (χ0) is 13.7. The second-order valence-electron chi connectivity index (χ2n) is 4.02. The topological polar surface area (TPSA) is 88.5 Å². The van der Waals surface area contributed by atoms with Crippen LogP contribution in [0, 0.1) is 10.1 Å². The number of hydrogen-bond donors (Lipinski definition) is 2. The minimum Gasteiger partial charge on any atom is -0.462 e. The molecule has 0 aliphatic rings. The van der Waals surface area contributed by atoms with Crippen LogP contribution in [-0.2, 0) is 19.7 Å². The molecule has 2 rings (SSSR count). The first kappa shape index (κ1) is 13.3. The van der Waals surface area contributed by atoms with Crippen LogP contribution in [0.15, 0.2) is 40.8 Å². The van der Waals surface area contributed by atoms with Crippen molar-refractivity contribution in [2.24, 2.45) is 0 Å². The number of nitrogens with zero attached hydrogens (tertiary/aromatic N) is 1. The number of rotatable bonds is 6. The van der Waals surface area contributed by atoms with E-state index in [1.165, 1.54) is 6.07 Å². The third-order valence-corrected chi connectivity index (χ3v) is 2.68. The largest absolute Gasteiger partial charge is 0.462 e. The Morgan fingerprint density at radius 1 is 1.16 bits per heavy atom. The lowest BCUT2D eigenvalue weighted by Gasteiger charge is -2.04. The minimum absolute atomic E-state index is 0.102. The van der Waals surface area contributed by atoms with Crippen LogP contribution in [0.4, 0.5) is 5.69 Å². The lowest BCUT2D eigenvalue weighted by molar-refractivity contribution is -0.385. The molecule has 0 saturated heterocycles. The molecule has 1 aromatic carbocycles. The average molecular weight is 262 g/mol. The Bertz CT molecular complexity index is 565. The summed E-state index contributed by atoms with van der Waals surface area (Å²) in [4.78, 5) is 10.4. The Kier molecular flexibility index (Phi) is 4.27. The van der Waals surface area contributed by atoms with Gasteiger partial charge in [-0.3, -0.25) is 10.1 Å². The van der Waals surface area contributed by atoms with Crippen molar-refractivity contribution in [2.45, 2.75) is 19.7 Å². The van der Waals surface area contributed by atoms with Gasteiger partial charge < -0.3 is 14.8 Å². The zero-order valence-corrected chi connectivity index (χ0v) is 10.2. The molecule has 0 amide bonds. The van der Waals surface area contributed by atoms with E-state index in [1.807, 2.05) is 0 Å². The van der Waals surface area contributed by atoms with Crippen LogP contribution in [0.2, 0.25) is 0 Å². The van der Waals surface area contributed by atoms with Crippen molar-refractivity contribution in [1.29, 1.82) is 0 Å². The molecule has 6 heteroatoms. The molecule has 100 valence electrons. The number of aliphatic hydroxyl groups is 1. The fourth-order valence-corrected chi connectivity index (χ4v) is 1.76. The SMILES string of the molecule is O=[N+]([O-])c1ccccc1CNCc1ccc(CO)o1. The predicted molar refractivity (Wildman–Crippen MR) is 68.3 cm³/mol. The molecule has 19 heavy (non-hydrogen) atoms. The van der Waals surface area contributed by atoms with E-state index < -0.39 is 4.92 Å². The van der Waals surface area contributed by atoms with Crippen molar-refractivity contribution in [3.63, 3.8) is 0 Å². The smallest absolute Gasteiger partial charge is 0.273 e. The molecule has 1 heterocycles. The summed E-state index contributed by atoms with van der Waals surface area (Å²) in [6.45, 7) is 0.697. The summed E-state index contributed by atoms with van der Waals surface area (Å²) >= 11 is 0. The van der Waals surface area contributed by atoms with Crippen molar-refractivity contribution in [1.82, 2.24) is 5.32 Å². The fraction of sp³-hybridized carbons (Fsp3) is 0.231. The molecule has 0 aliphatic carbocycles. The summed E-state index contributed by atoms with van der Waals surface area (Å²) < 4.78 is 5.30. The molecule has 0 aliphatic heterocycles. The van der Waals surface area contributed by atoms with Gasteiger partial charge in [-0.15, -0.1) is 0 Å². The van der Waals surface area contributed by atoms with Gasteiger partial charge in [-0.2, -0.15) is 0 Å². The molecule has 0 unspecified atom stereocenters. The lowest BCUT2D eigenvalue weighted by Crippen LogP contribution is -2.13. The molecule has 0 atom stereocenters. The molecule has 1 aromatic heterocycles. The van der Waals surface area contributed by atoms with Gasteiger partial charge in [0.05, 0.1) is 11.5 Å². The van der Waals surface area contributed by atoms with Gasteiger partial charge in [-0.25, -0.2) is 0 Å². The average Bonchev–Trinajstić information content (AvgIpc) is 2.87. The lowest BCUT2D eigenvalue weighted by atomic mass is 10.2. The maximum absolute atomic E-state index is 10.8. The van der Waals surface area contributed by atoms with Gasteiger partial charge in [0.15, 0.2) is 0 Å². The van der Waals surface area contributed by atoms with Crippen LogP contribution in [0.25, 0.3) is 0 Å². The van der Waals surface area contributed by atoms with Gasteiger partial charge in [0.2, 0.25) is 0 Å². The third-order valence-electron chi connectivity index (χ3n) is 2.68. The zero-order valence-electron chi connectivity index (χ0n) is 10.2. The highest BCUT2D eigenvalue weighted by atomic mass is 16.6. The monoisotopic (exact) mass is 262 g/mol. The van der Waals surface area contributed by atoms with Gasteiger partial charge >= 0.3 is 0 Å². The van der Waals surface area contributed by atoms with Crippen molar-refractivity contribution < 1.29 is 14.4 Å². The first-order chi connectivity index (χ1) is 9.20. The number of furan rings is 1. The molecule has 0 fully saturated rings. The molecule has 6 nitrogen and oxygen atoms in total. The van der Waals surface area contributed by atoms with Crippen molar-refractivity contribution in [3.05, 3.63) is 63.6 Å². The number of benzene rings is 1. The number of nitro benzene ring substituents is 1. The second kappa shape index (κ2) is 6.12. The highest BCUT2D eigenvalue weighted by Gasteiger charge is 2.11. The Labute approximate surface area is 109 Å². The van der Waals surface area contributed by atoms with E-state index in [0.29, 0.717) is 30.2 Å². The van der Waals surface area contributed by atoms with Gasteiger partial charge in [-0.05, 0) is 12.1 Å². The maximum Gasteiger partial charge on any atom is 0.273 e. The molecular formula is C13H14N2O4. The number of para-hydroxylation sites is 1.